The maximum absolute atomic E-state index is 12.6. The molecule has 7 heteroatoms. The van der Waals surface area contributed by atoms with Crippen molar-refractivity contribution in [3.8, 4) is 0 Å². The van der Waals surface area contributed by atoms with Crippen molar-refractivity contribution in [2.75, 3.05) is 18.8 Å². The zero-order chi connectivity index (χ0) is 15.7. The molecule has 0 bridgehead atoms. The Bertz CT molecular complexity index is 588. The molecule has 5 nitrogen and oxygen atoms in total. The van der Waals surface area contributed by atoms with E-state index in [0.29, 0.717) is 19.5 Å². The van der Waals surface area contributed by atoms with Crippen molar-refractivity contribution >= 4 is 27.3 Å². The minimum Gasteiger partial charge on any atom is -0.353 e. The SMILES string of the molecule is CC(C)(C)CCS(=O)(=O)N1CCNC(=O)C1c1cccs1. The quantitative estimate of drug-likeness (QED) is 0.918. The highest BCUT2D eigenvalue weighted by Crippen LogP contribution is 2.30. The summed E-state index contributed by atoms with van der Waals surface area (Å²) in [5.74, 6) is -0.158. The van der Waals surface area contributed by atoms with E-state index in [1.54, 1.807) is 0 Å². The van der Waals surface area contributed by atoms with Crippen LogP contribution >= 0.6 is 11.3 Å². The first kappa shape index (κ1) is 16.5. The Hall–Kier alpha value is -0.920. The number of hydrogen-bond donors (Lipinski definition) is 1. The Morgan fingerprint density at radius 2 is 2.14 bits per heavy atom. The van der Waals surface area contributed by atoms with Gasteiger partial charge in [0.15, 0.2) is 0 Å². The lowest BCUT2D eigenvalue weighted by Gasteiger charge is -2.34. The van der Waals surface area contributed by atoms with E-state index in [2.05, 4.69) is 5.32 Å². The number of nitrogens with one attached hydrogen (secondary N) is 1. The molecular formula is C14H22N2O3S2. The molecule has 1 N–H and O–H groups in total. The Labute approximate surface area is 130 Å². The van der Waals surface area contributed by atoms with Crippen LogP contribution < -0.4 is 5.32 Å². The molecule has 118 valence electrons. The second kappa shape index (κ2) is 6.06. The van der Waals surface area contributed by atoms with Crippen LogP contribution in [0.5, 0.6) is 0 Å². The van der Waals surface area contributed by atoms with Crippen LogP contribution in [0.4, 0.5) is 0 Å². The molecule has 1 unspecified atom stereocenters. The summed E-state index contributed by atoms with van der Waals surface area (Å²) >= 11 is 1.41. The van der Waals surface area contributed by atoms with Crippen LogP contribution in [-0.2, 0) is 14.8 Å². The fourth-order valence-electron chi connectivity index (χ4n) is 2.22. The van der Waals surface area contributed by atoms with Gasteiger partial charge >= 0.3 is 0 Å². The lowest BCUT2D eigenvalue weighted by Crippen LogP contribution is -2.52. The largest absolute Gasteiger partial charge is 0.353 e. The van der Waals surface area contributed by atoms with Crippen LogP contribution in [0.15, 0.2) is 17.5 Å². The summed E-state index contributed by atoms with van der Waals surface area (Å²) in [6.45, 7) is 6.75. The number of carbonyl (C=O) groups is 1. The monoisotopic (exact) mass is 330 g/mol. The van der Waals surface area contributed by atoms with E-state index in [4.69, 9.17) is 0 Å². The number of nitrogens with zero attached hydrogens (tertiary/aromatic N) is 1. The highest BCUT2D eigenvalue weighted by molar-refractivity contribution is 7.89. The second-order valence-corrected chi connectivity index (χ2v) is 9.47. The van der Waals surface area contributed by atoms with Crippen molar-refractivity contribution in [1.82, 2.24) is 9.62 Å². The van der Waals surface area contributed by atoms with Crippen molar-refractivity contribution in [1.29, 1.82) is 0 Å². The highest BCUT2D eigenvalue weighted by atomic mass is 32.2. The van der Waals surface area contributed by atoms with Gasteiger partial charge in [-0.15, -0.1) is 11.3 Å². The first-order chi connectivity index (χ1) is 9.71. The lowest BCUT2D eigenvalue weighted by molar-refractivity contribution is -0.126. The van der Waals surface area contributed by atoms with E-state index in [1.807, 2.05) is 38.3 Å². The lowest BCUT2D eigenvalue weighted by atomic mass is 9.94. The van der Waals surface area contributed by atoms with E-state index in [-0.39, 0.29) is 17.1 Å². The highest BCUT2D eigenvalue weighted by Gasteiger charge is 2.39. The molecule has 0 radical (unpaired) electrons. The number of piperazine rings is 1. The topological polar surface area (TPSA) is 66.5 Å². The molecule has 1 aliphatic heterocycles. The first-order valence-corrected chi connectivity index (χ1v) is 9.50. The minimum absolute atomic E-state index is 0.0520. The van der Waals surface area contributed by atoms with Gasteiger partial charge in [-0.1, -0.05) is 26.8 Å². The van der Waals surface area contributed by atoms with Gasteiger partial charge in [-0.25, -0.2) is 8.42 Å². The predicted octanol–water partition coefficient (Wildman–Crippen LogP) is 1.99. The number of sulfonamides is 1. The summed E-state index contributed by atoms with van der Waals surface area (Å²) < 4.78 is 26.6. The maximum atomic E-state index is 12.6. The van der Waals surface area contributed by atoms with Gasteiger partial charge in [-0.2, -0.15) is 4.31 Å². The molecule has 1 aromatic heterocycles. The van der Waals surface area contributed by atoms with Crippen molar-refractivity contribution in [3.63, 3.8) is 0 Å². The van der Waals surface area contributed by atoms with Crippen molar-refractivity contribution < 1.29 is 13.2 Å². The van der Waals surface area contributed by atoms with Crippen molar-refractivity contribution in [3.05, 3.63) is 22.4 Å². The van der Waals surface area contributed by atoms with E-state index in [1.165, 1.54) is 15.6 Å². The van der Waals surface area contributed by atoms with Gasteiger partial charge in [0.1, 0.15) is 6.04 Å². The van der Waals surface area contributed by atoms with Crippen molar-refractivity contribution in [2.24, 2.45) is 5.41 Å². The second-order valence-electron chi connectivity index (χ2n) is 6.45. The first-order valence-electron chi connectivity index (χ1n) is 7.01. The van der Waals surface area contributed by atoms with Crippen molar-refractivity contribution in [2.45, 2.75) is 33.2 Å². The average molecular weight is 330 g/mol. The zero-order valence-corrected chi connectivity index (χ0v) is 14.3. The molecule has 1 aromatic rings. The summed E-state index contributed by atoms with van der Waals surface area (Å²) in [4.78, 5) is 12.9. The fraction of sp³-hybridized carbons (Fsp3) is 0.643. The molecule has 2 heterocycles. The van der Waals surface area contributed by atoms with Crippen LogP contribution in [-0.4, -0.2) is 37.5 Å². The molecule has 2 rings (SSSR count). The van der Waals surface area contributed by atoms with Crippen LogP contribution in [0.1, 0.15) is 38.1 Å². The van der Waals surface area contributed by atoms with Gasteiger partial charge in [0.25, 0.3) is 0 Å². The third-order valence-corrected chi connectivity index (χ3v) is 6.20. The molecular weight excluding hydrogens is 308 g/mol. The van der Waals surface area contributed by atoms with E-state index in [0.717, 1.165) is 4.88 Å². The zero-order valence-electron chi connectivity index (χ0n) is 12.6. The number of thiophene rings is 1. The van der Waals surface area contributed by atoms with Gasteiger partial charge in [0.05, 0.1) is 5.75 Å². The summed E-state index contributed by atoms with van der Waals surface area (Å²) in [6, 6.07) is 2.93. The molecule has 1 fully saturated rings. The molecule has 1 atom stereocenters. The smallest absolute Gasteiger partial charge is 0.243 e. The summed E-state index contributed by atoms with van der Waals surface area (Å²) in [6.07, 6.45) is 0.574. The van der Waals surface area contributed by atoms with Gasteiger partial charge in [0, 0.05) is 18.0 Å². The summed E-state index contributed by atoms with van der Waals surface area (Å²) in [5, 5.41) is 4.61. The molecule has 0 saturated carbocycles. The predicted molar refractivity (Wildman–Crippen MR) is 84.6 cm³/mol. The molecule has 0 aromatic carbocycles. The third kappa shape index (κ3) is 4.05. The maximum Gasteiger partial charge on any atom is 0.243 e. The minimum atomic E-state index is -3.45. The third-order valence-electron chi connectivity index (χ3n) is 3.45. The number of hydrogen-bond acceptors (Lipinski definition) is 4. The number of amides is 1. The average Bonchev–Trinajstić information content (AvgIpc) is 2.89. The van der Waals surface area contributed by atoms with Crippen LogP contribution in [0.2, 0.25) is 0 Å². The Morgan fingerprint density at radius 3 is 2.71 bits per heavy atom. The Kier molecular flexibility index (Phi) is 4.75. The van der Waals surface area contributed by atoms with Gasteiger partial charge in [0.2, 0.25) is 15.9 Å². The number of rotatable bonds is 4. The Morgan fingerprint density at radius 1 is 1.43 bits per heavy atom. The van der Waals surface area contributed by atoms with Gasteiger partial charge < -0.3 is 5.32 Å². The standard InChI is InChI=1S/C14H22N2O3S2/c1-14(2,3)6-10-21(18,19)16-8-7-15-13(17)12(16)11-5-4-9-20-11/h4-5,9,12H,6-8,10H2,1-3H3,(H,15,17). The van der Waals surface area contributed by atoms with E-state index >= 15 is 0 Å². The normalized spacial score (nSPS) is 21.3. The fourth-order valence-corrected chi connectivity index (χ4v) is 5.12. The molecule has 1 saturated heterocycles. The van der Waals surface area contributed by atoms with Crippen LogP contribution in [0.3, 0.4) is 0 Å². The molecule has 1 amide bonds. The molecule has 1 aliphatic rings. The van der Waals surface area contributed by atoms with Crippen LogP contribution in [0, 0.1) is 5.41 Å². The molecule has 21 heavy (non-hydrogen) atoms. The van der Waals surface area contributed by atoms with Crippen LogP contribution in [0.25, 0.3) is 0 Å². The Balaban J connectivity index is 2.24. The van der Waals surface area contributed by atoms with E-state index < -0.39 is 16.1 Å². The van der Waals surface area contributed by atoms with Gasteiger partial charge in [-0.3, -0.25) is 4.79 Å². The summed E-state index contributed by atoms with van der Waals surface area (Å²) in [7, 11) is -3.45. The van der Waals surface area contributed by atoms with Gasteiger partial charge in [-0.05, 0) is 23.3 Å². The summed E-state index contributed by atoms with van der Waals surface area (Å²) in [5.41, 5.74) is -0.0520. The molecule has 0 spiro atoms. The van der Waals surface area contributed by atoms with E-state index in [9.17, 15) is 13.2 Å². The molecule has 0 aliphatic carbocycles. The number of carbonyl (C=O) groups excluding carboxylic acids is 1.